The molecule has 0 aliphatic heterocycles. The monoisotopic (exact) mass is 331 g/mol. The molecule has 0 bridgehead atoms. The van der Waals surface area contributed by atoms with Gasteiger partial charge in [0.05, 0.1) is 16.3 Å². The standard InChI is InChI=1S/C18H18ClNO3/c1-11-8-12(2)17(13(3)9-11)18(22)23-10-16(21)20-15-7-5-4-6-14(15)19/h4-9H,10H2,1-3H3,(H,20,21). The molecule has 0 aliphatic carbocycles. The molecule has 2 aromatic rings. The van der Waals surface area contributed by atoms with Crippen LogP contribution >= 0.6 is 11.6 Å². The van der Waals surface area contributed by atoms with Gasteiger partial charge in [-0.05, 0) is 44.0 Å². The Hall–Kier alpha value is -2.33. The topological polar surface area (TPSA) is 55.4 Å². The average molecular weight is 332 g/mol. The maximum atomic E-state index is 12.2. The van der Waals surface area contributed by atoms with E-state index in [0.717, 1.165) is 16.7 Å². The fourth-order valence-electron chi connectivity index (χ4n) is 2.45. The van der Waals surface area contributed by atoms with Gasteiger partial charge < -0.3 is 10.1 Å². The molecule has 0 aliphatic rings. The van der Waals surface area contributed by atoms with Crippen LogP contribution in [-0.2, 0) is 9.53 Å². The number of hydrogen-bond acceptors (Lipinski definition) is 3. The molecule has 4 nitrogen and oxygen atoms in total. The number of esters is 1. The molecule has 0 unspecified atom stereocenters. The molecule has 0 saturated carbocycles. The van der Waals surface area contributed by atoms with Crippen molar-refractivity contribution in [3.8, 4) is 0 Å². The van der Waals surface area contributed by atoms with E-state index in [1.165, 1.54) is 0 Å². The minimum absolute atomic E-state index is 0.364. The Morgan fingerprint density at radius 2 is 1.70 bits per heavy atom. The molecule has 0 spiro atoms. The maximum absolute atomic E-state index is 12.2. The zero-order valence-corrected chi connectivity index (χ0v) is 14.0. The molecule has 23 heavy (non-hydrogen) atoms. The highest BCUT2D eigenvalue weighted by Crippen LogP contribution is 2.20. The van der Waals surface area contributed by atoms with Crippen LogP contribution in [0.4, 0.5) is 5.69 Å². The van der Waals surface area contributed by atoms with Crippen LogP contribution in [-0.4, -0.2) is 18.5 Å². The zero-order chi connectivity index (χ0) is 17.0. The Morgan fingerprint density at radius 3 is 2.30 bits per heavy atom. The molecule has 1 amide bonds. The second-order valence-electron chi connectivity index (χ2n) is 5.38. The summed E-state index contributed by atoms with van der Waals surface area (Å²) in [6.07, 6.45) is 0. The van der Waals surface area contributed by atoms with Gasteiger partial charge in [0.2, 0.25) is 0 Å². The third-order valence-corrected chi connectivity index (χ3v) is 3.69. The normalized spacial score (nSPS) is 10.3. The van der Waals surface area contributed by atoms with Crippen LogP contribution in [0.1, 0.15) is 27.0 Å². The number of para-hydroxylation sites is 1. The summed E-state index contributed by atoms with van der Waals surface area (Å²) in [5.41, 5.74) is 3.73. The van der Waals surface area contributed by atoms with E-state index in [1.807, 2.05) is 32.9 Å². The smallest absolute Gasteiger partial charge is 0.339 e. The van der Waals surface area contributed by atoms with Crippen LogP contribution in [0.2, 0.25) is 5.02 Å². The fraction of sp³-hybridized carbons (Fsp3) is 0.222. The Kier molecular flexibility index (Phi) is 5.40. The Balaban J connectivity index is 2.00. The van der Waals surface area contributed by atoms with E-state index < -0.39 is 11.9 Å². The van der Waals surface area contributed by atoms with Crippen molar-refractivity contribution in [2.45, 2.75) is 20.8 Å². The van der Waals surface area contributed by atoms with Crippen LogP contribution in [0.25, 0.3) is 0 Å². The molecular weight excluding hydrogens is 314 g/mol. The predicted octanol–water partition coefficient (Wildman–Crippen LogP) is 4.06. The van der Waals surface area contributed by atoms with Gasteiger partial charge in [0.15, 0.2) is 6.61 Å². The van der Waals surface area contributed by atoms with E-state index in [2.05, 4.69) is 5.32 Å². The summed E-state index contributed by atoms with van der Waals surface area (Å²) in [5, 5.41) is 3.04. The lowest BCUT2D eigenvalue weighted by molar-refractivity contribution is -0.119. The molecule has 0 aromatic heterocycles. The van der Waals surface area contributed by atoms with Gasteiger partial charge in [0, 0.05) is 0 Å². The number of anilines is 1. The van der Waals surface area contributed by atoms with Crippen molar-refractivity contribution in [1.29, 1.82) is 0 Å². The first-order chi connectivity index (χ1) is 10.9. The summed E-state index contributed by atoms with van der Waals surface area (Å²) in [7, 11) is 0. The first kappa shape index (κ1) is 17.0. The molecule has 0 atom stereocenters. The van der Waals surface area contributed by atoms with Crippen LogP contribution < -0.4 is 5.32 Å². The minimum Gasteiger partial charge on any atom is -0.452 e. The van der Waals surface area contributed by atoms with Crippen molar-refractivity contribution in [3.05, 3.63) is 63.7 Å². The lowest BCUT2D eigenvalue weighted by Crippen LogP contribution is -2.21. The van der Waals surface area contributed by atoms with Gasteiger partial charge >= 0.3 is 5.97 Å². The highest BCUT2D eigenvalue weighted by atomic mass is 35.5. The van der Waals surface area contributed by atoms with Gasteiger partial charge in [-0.15, -0.1) is 0 Å². The molecule has 0 saturated heterocycles. The van der Waals surface area contributed by atoms with Gasteiger partial charge in [-0.25, -0.2) is 4.79 Å². The van der Waals surface area contributed by atoms with Crippen molar-refractivity contribution < 1.29 is 14.3 Å². The maximum Gasteiger partial charge on any atom is 0.339 e. The van der Waals surface area contributed by atoms with Crippen LogP contribution in [0.15, 0.2) is 36.4 Å². The first-order valence-electron chi connectivity index (χ1n) is 7.18. The highest BCUT2D eigenvalue weighted by Gasteiger charge is 2.16. The van der Waals surface area contributed by atoms with E-state index in [4.69, 9.17) is 16.3 Å². The lowest BCUT2D eigenvalue weighted by atomic mass is 10.00. The number of aryl methyl sites for hydroxylation is 3. The van der Waals surface area contributed by atoms with Crippen molar-refractivity contribution >= 4 is 29.2 Å². The largest absolute Gasteiger partial charge is 0.452 e. The number of ether oxygens (including phenoxy) is 1. The second kappa shape index (κ2) is 7.29. The summed E-state index contributed by atoms with van der Waals surface area (Å²) >= 11 is 5.96. The second-order valence-corrected chi connectivity index (χ2v) is 5.79. The molecule has 0 radical (unpaired) electrons. The summed E-state index contributed by atoms with van der Waals surface area (Å²) in [5.74, 6) is -0.942. The number of amides is 1. The van der Waals surface area contributed by atoms with Crippen molar-refractivity contribution in [2.24, 2.45) is 0 Å². The van der Waals surface area contributed by atoms with Gasteiger partial charge in [0.1, 0.15) is 0 Å². The quantitative estimate of drug-likeness (QED) is 0.859. The first-order valence-corrected chi connectivity index (χ1v) is 7.55. The molecule has 2 aromatic carbocycles. The number of halogens is 1. The van der Waals surface area contributed by atoms with E-state index in [0.29, 0.717) is 16.3 Å². The highest BCUT2D eigenvalue weighted by molar-refractivity contribution is 6.33. The fourth-order valence-corrected chi connectivity index (χ4v) is 2.64. The molecule has 0 heterocycles. The molecular formula is C18H18ClNO3. The predicted molar refractivity (Wildman–Crippen MR) is 91.0 cm³/mol. The Morgan fingerprint density at radius 1 is 1.09 bits per heavy atom. The number of carbonyl (C=O) groups excluding carboxylic acids is 2. The number of nitrogens with one attached hydrogen (secondary N) is 1. The third kappa shape index (κ3) is 4.33. The number of hydrogen-bond donors (Lipinski definition) is 1. The van der Waals surface area contributed by atoms with Crippen LogP contribution in [0.5, 0.6) is 0 Å². The Bertz CT molecular complexity index is 733. The number of carbonyl (C=O) groups is 2. The van der Waals surface area contributed by atoms with Crippen molar-refractivity contribution in [3.63, 3.8) is 0 Å². The average Bonchev–Trinajstić information content (AvgIpc) is 2.46. The minimum atomic E-state index is -0.505. The third-order valence-electron chi connectivity index (χ3n) is 3.36. The Labute approximate surface area is 140 Å². The van der Waals surface area contributed by atoms with Crippen LogP contribution in [0, 0.1) is 20.8 Å². The molecule has 120 valence electrons. The van der Waals surface area contributed by atoms with Gasteiger partial charge in [0.25, 0.3) is 5.91 Å². The lowest BCUT2D eigenvalue weighted by Gasteiger charge is -2.11. The van der Waals surface area contributed by atoms with Crippen LogP contribution in [0.3, 0.4) is 0 Å². The SMILES string of the molecule is Cc1cc(C)c(C(=O)OCC(=O)Nc2ccccc2Cl)c(C)c1. The molecule has 5 heteroatoms. The molecule has 1 N–H and O–H groups in total. The summed E-state index contributed by atoms with van der Waals surface area (Å²) in [6.45, 7) is 5.30. The van der Waals surface area contributed by atoms with Crippen molar-refractivity contribution in [2.75, 3.05) is 11.9 Å². The summed E-state index contributed by atoms with van der Waals surface area (Å²) in [4.78, 5) is 24.1. The number of benzene rings is 2. The van der Waals surface area contributed by atoms with Gasteiger partial charge in [-0.2, -0.15) is 0 Å². The van der Waals surface area contributed by atoms with E-state index >= 15 is 0 Å². The summed E-state index contributed by atoms with van der Waals surface area (Å²) in [6, 6.07) is 10.7. The van der Waals surface area contributed by atoms with E-state index in [-0.39, 0.29) is 6.61 Å². The van der Waals surface area contributed by atoms with Crippen molar-refractivity contribution in [1.82, 2.24) is 0 Å². The van der Waals surface area contributed by atoms with E-state index in [9.17, 15) is 9.59 Å². The van der Waals surface area contributed by atoms with Gasteiger partial charge in [-0.3, -0.25) is 4.79 Å². The molecule has 2 rings (SSSR count). The van der Waals surface area contributed by atoms with E-state index in [1.54, 1.807) is 24.3 Å². The number of rotatable bonds is 4. The summed E-state index contributed by atoms with van der Waals surface area (Å²) < 4.78 is 5.11. The molecule has 0 fully saturated rings. The van der Waals surface area contributed by atoms with Gasteiger partial charge in [-0.1, -0.05) is 41.4 Å². The zero-order valence-electron chi connectivity index (χ0n) is 13.3.